The molecule has 4 nitrogen and oxygen atoms in total. The SMILES string of the molecule is N#CC(C#N)C(=O)c1ccc2c(c1)CCO2. The van der Waals surface area contributed by atoms with Crippen LogP contribution >= 0.6 is 0 Å². The third-order valence-corrected chi connectivity index (χ3v) is 2.49. The zero-order chi connectivity index (χ0) is 11.5. The Kier molecular flexibility index (Phi) is 2.57. The van der Waals surface area contributed by atoms with E-state index in [0.717, 1.165) is 17.7 Å². The summed E-state index contributed by atoms with van der Waals surface area (Å²) < 4.78 is 5.30. The lowest BCUT2D eigenvalue weighted by molar-refractivity contribution is 0.0971. The Morgan fingerprint density at radius 3 is 2.81 bits per heavy atom. The molecule has 0 aliphatic carbocycles. The molecular weight excluding hydrogens is 204 g/mol. The Balaban J connectivity index is 2.33. The van der Waals surface area contributed by atoms with Crippen LogP contribution in [0.5, 0.6) is 5.75 Å². The smallest absolute Gasteiger partial charge is 0.195 e. The molecule has 1 aliphatic rings. The van der Waals surface area contributed by atoms with Gasteiger partial charge in [-0.25, -0.2) is 0 Å². The van der Waals surface area contributed by atoms with Gasteiger partial charge in [-0.1, -0.05) is 0 Å². The highest BCUT2D eigenvalue weighted by Gasteiger charge is 2.21. The first-order valence-electron chi connectivity index (χ1n) is 4.85. The second-order valence-electron chi connectivity index (χ2n) is 3.48. The summed E-state index contributed by atoms with van der Waals surface area (Å²) in [4.78, 5) is 11.7. The number of Topliss-reactive ketones (excluding diaryl/α,β-unsaturated/α-hetero) is 1. The van der Waals surface area contributed by atoms with Crippen LogP contribution in [0.15, 0.2) is 18.2 Å². The molecule has 0 spiro atoms. The van der Waals surface area contributed by atoms with Crippen molar-refractivity contribution < 1.29 is 9.53 Å². The van der Waals surface area contributed by atoms with Gasteiger partial charge in [0, 0.05) is 12.0 Å². The molecule has 0 saturated carbocycles. The van der Waals surface area contributed by atoms with Crippen molar-refractivity contribution in [3.8, 4) is 17.9 Å². The number of hydrogen-bond donors (Lipinski definition) is 0. The van der Waals surface area contributed by atoms with Crippen molar-refractivity contribution in [2.24, 2.45) is 5.92 Å². The fourth-order valence-electron chi connectivity index (χ4n) is 1.65. The molecule has 0 atom stereocenters. The van der Waals surface area contributed by atoms with Crippen LogP contribution in [0.2, 0.25) is 0 Å². The average Bonchev–Trinajstić information content (AvgIpc) is 2.77. The van der Waals surface area contributed by atoms with Gasteiger partial charge in [-0.15, -0.1) is 0 Å². The number of ketones is 1. The summed E-state index contributed by atoms with van der Waals surface area (Å²) in [6.07, 6.45) is 0.764. The molecule has 0 saturated heterocycles. The van der Waals surface area contributed by atoms with Crippen molar-refractivity contribution in [3.05, 3.63) is 29.3 Å². The Morgan fingerprint density at radius 1 is 1.38 bits per heavy atom. The largest absolute Gasteiger partial charge is 0.493 e. The minimum Gasteiger partial charge on any atom is -0.493 e. The van der Waals surface area contributed by atoms with Crippen molar-refractivity contribution in [3.63, 3.8) is 0 Å². The predicted octanol–water partition coefficient (Wildman–Crippen LogP) is 1.47. The van der Waals surface area contributed by atoms with E-state index >= 15 is 0 Å². The first-order valence-corrected chi connectivity index (χ1v) is 4.85. The molecule has 0 radical (unpaired) electrons. The van der Waals surface area contributed by atoms with E-state index < -0.39 is 11.7 Å². The molecule has 1 heterocycles. The minimum absolute atomic E-state index is 0.400. The molecule has 0 unspecified atom stereocenters. The minimum atomic E-state index is -1.22. The van der Waals surface area contributed by atoms with Crippen molar-refractivity contribution in [1.82, 2.24) is 0 Å². The first-order chi connectivity index (χ1) is 7.76. The molecule has 1 aliphatic heterocycles. The van der Waals surface area contributed by atoms with E-state index in [9.17, 15) is 4.79 Å². The molecule has 2 rings (SSSR count). The second kappa shape index (κ2) is 4.04. The van der Waals surface area contributed by atoms with E-state index in [4.69, 9.17) is 15.3 Å². The lowest BCUT2D eigenvalue weighted by Crippen LogP contribution is -2.10. The Labute approximate surface area is 92.7 Å². The van der Waals surface area contributed by atoms with E-state index in [1.54, 1.807) is 30.3 Å². The van der Waals surface area contributed by atoms with Gasteiger partial charge in [0.15, 0.2) is 11.7 Å². The highest BCUT2D eigenvalue weighted by molar-refractivity contribution is 6.01. The van der Waals surface area contributed by atoms with Crippen LogP contribution in [0.25, 0.3) is 0 Å². The number of rotatable bonds is 2. The molecule has 1 aromatic rings. The number of carbonyl (C=O) groups is 1. The van der Waals surface area contributed by atoms with E-state index in [2.05, 4.69) is 0 Å². The maximum Gasteiger partial charge on any atom is 0.195 e. The summed E-state index contributed by atoms with van der Waals surface area (Å²) in [6.45, 7) is 0.618. The molecule has 0 fully saturated rings. The summed E-state index contributed by atoms with van der Waals surface area (Å²) in [7, 11) is 0. The Hall–Kier alpha value is -2.33. The first kappa shape index (κ1) is 10.2. The monoisotopic (exact) mass is 212 g/mol. The summed E-state index contributed by atoms with van der Waals surface area (Å²) >= 11 is 0. The normalized spacial score (nSPS) is 12.4. The molecule has 4 heteroatoms. The second-order valence-corrected chi connectivity index (χ2v) is 3.48. The maximum atomic E-state index is 11.7. The maximum absolute atomic E-state index is 11.7. The van der Waals surface area contributed by atoms with Crippen LogP contribution in [-0.2, 0) is 6.42 Å². The van der Waals surface area contributed by atoms with Crippen molar-refractivity contribution in [2.45, 2.75) is 6.42 Å². The zero-order valence-corrected chi connectivity index (χ0v) is 8.43. The predicted molar refractivity (Wildman–Crippen MR) is 54.7 cm³/mol. The molecule has 78 valence electrons. The summed E-state index contributed by atoms with van der Waals surface area (Å²) in [5.41, 5.74) is 1.36. The number of benzene rings is 1. The van der Waals surface area contributed by atoms with Gasteiger partial charge in [0.25, 0.3) is 0 Å². The van der Waals surface area contributed by atoms with E-state index in [-0.39, 0.29) is 0 Å². The van der Waals surface area contributed by atoms with Gasteiger partial charge in [-0.3, -0.25) is 4.79 Å². The Bertz CT molecular complexity index is 509. The molecule has 16 heavy (non-hydrogen) atoms. The third kappa shape index (κ3) is 1.62. The number of nitrogens with zero attached hydrogens (tertiary/aromatic N) is 2. The van der Waals surface area contributed by atoms with Gasteiger partial charge >= 0.3 is 0 Å². The number of fused-ring (bicyclic) bond motifs is 1. The molecule has 0 bridgehead atoms. The summed E-state index contributed by atoms with van der Waals surface area (Å²) in [5.74, 6) is -0.887. The van der Waals surface area contributed by atoms with E-state index in [1.165, 1.54) is 0 Å². The van der Waals surface area contributed by atoms with Gasteiger partial charge in [0.2, 0.25) is 0 Å². The average molecular weight is 212 g/mol. The molecule has 0 N–H and O–H groups in total. The van der Waals surface area contributed by atoms with Crippen LogP contribution < -0.4 is 4.74 Å². The lowest BCUT2D eigenvalue weighted by Gasteiger charge is -2.03. The number of ether oxygens (including phenoxy) is 1. The van der Waals surface area contributed by atoms with Gasteiger partial charge in [0.1, 0.15) is 5.75 Å². The van der Waals surface area contributed by atoms with Crippen molar-refractivity contribution in [2.75, 3.05) is 6.61 Å². The number of nitriles is 2. The van der Waals surface area contributed by atoms with Crippen LogP contribution in [-0.4, -0.2) is 12.4 Å². The topological polar surface area (TPSA) is 73.9 Å². The molecule has 0 amide bonds. The van der Waals surface area contributed by atoms with Gasteiger partial charge in [-0.05, 0) is 23.8 Å². The summed E-state index contributed by atoms with van der Waals surface area (Å²) in [5, 5.41) is 17.3. The van der Waals surface area contributed by atoms with Gasteiger partial charge in [0.05, 0.1) is 18.7 Å². The molecule has 1 aromatic carbocycles. The zero-order valence-electron chi connectivity index (χ0n) is 8.43. The highest BCUT2D eigenvalue weighted by atomic mass is 16.5. The van der Waals surface area contributed by atoms with Crippen LogP contribution in [0.1, 0.15) is 15.9 Å². The fraction of sp³-hybridized carbons (Fsp3) is 0.250. The Morgan fingerprint density at radius 2 is 2.12 bits per heavy atom. The summed E-state index contributed by atoms with van der Waals surface area (Å²) in [6, 6.07) is 8.35. The standard InChI is InChI=1S/C12H8N2O2/c13-6-10(7-14)12(15)9-1-2-11-8(5-9)3-4-16-11/h1-2,5,10H,3-4H2. The quantitative estimate of drug-likeness (QED) is 0.695. The van der Waals surface area contributed by atoms with Gasteiger partial charge < -0.3 is 4.74 Å². The van der Waals surface area contributed by atoms with Crippen LogP contribution in [0.3, 0.4) is 0 Å². The fourth-order valence-corrected chi connectivity index (χ4v) is 1.65. The van der Waals surface area contributed by atoms with Crippen molar-refractivity contribution >= 4 is 5.78 Å². The molecular formula is C12H8N2O2. The lowest BCUT2D eigenvalue weighted by atomic mass is 9.98. The third-order valence-electron chi connectivity index (χ3n) is 2.49. The highest BCUT2D eigenvalue weighted by Crippen LogP contribution is 2.26. The number of carbonyl (C=O) groups excluding carboxylic acids is 1. The van der Waals surface area contributed by atoms with E-state index in [1.807, 2.05) is 0 Å². The van der Waals surface area contributed by atoms with Crippen LogP contribution in [0, 0.1) is 28.6 Å². The van der Waals surface area contributed by atoms with E-state index in [0.29, 0.717) is 12.2 Å². The van der Waals surface area contributed by atoms with Crippen molar-refractivity contribution in [1.29, 1.82) is 10.5 Å². The molecule has 0 aromatic heterocycles. The van der Waals surface area contributed by atoms with Crippen LogP contribution in [0.4, 0.5) is 0 Å². The number of hydrogen-bond acceptors (Lipinski definition) is 4. The van der Waals surface area contributed by atoms with Gasteiger partial charge in [-0.2, -0.15) is 10.5 Å².